The van der Waals surface area contributed by atoms with Crippen LogP contribution < -0.4 is 5.32 Å². The highest BCUT2D eigenvalue weighted by Gasteiger charge is 2.20. The lowest BCUT2D eigenvalue weighted by atomic mass is 10.1. The summed E-state index contributed by atoms with van der Waals surface area (Å²) in [6.45, 7) is 5.12. The number of amides is 1. The number of carboxylic acid groups (broad SMARTS) is 1. The Labute approximate surface area is 116 Å². The van der Waals surface area contributed by atoms with E-state index in [2.05, 4.69) is 16.9 Å². The molecule has 0 aliphatic carbocycles. The summed E-state index contributed by atoms with van der Waals surface area (Å²) in [5.41, 5.74) is 0.896. The molecular weight excluding hydrogens is 258 g/mol. The molecule has 104 valence electrons. The van der Waals surface area contributed by atoms with E-state index in [1.807, 2.05) is 6.07 Å². The Balaban J connectivity index is 2.84. The smallest absolute Gasteiger partial charge is 0.326 e. The number of nitriles is 1. The Morgan fingerprint density at radius 2 is 2.30 bits per heavy atom. The molecule has 0 saturated carbocycles. The Morgan fingerprint density at radius 3 is 2.80 bits per heavy atom. The van der Waals surface area contributed by atoms with E-state index in [4.69, 9.17) is 10.4 Å². The molecule has 0 aliphatic heterocycles. The fraction of sp³-hybridized carbons (Fsp3) is 0.286. The van der Waals surface area contributed by atoms with E-state index in [0.717, 1.165) is 0 Å². The fourth-order valence-corrected chi connectivity index (χ4v) is 1.58. The molecule has 1 atom stereocenters. The van der Waals surface area contributed by atoms with E-state index >= 15 is 0 Å². The zero-order valence-corrected chi connectivity index (χ0v) is 11.1. The molecule has 0 aromatic carbocycles. The summed E-state index contributed by atoms with van der Waals surface area (Å²) in [6, 6.07) is 3.84. The van der Waals surface area contributed by atoms with Gasteiger partial charge in [-0.1, -0.05) is 6.08 Å². The number of allylic oxidation sites excluding steroid dienone is 1. The van der Waals surface area contributed by atoms with Crippen molar-refractivity contribution in [3.05, 3.63) is 41.7 Å². The number of pyridine rings is 1. The van der Waals surface area contributed by atoms with Crippen LogP contribution in [0.3, 0.4) is 0 Å². The molecule has 0 spiro atoms. The second kappa shape index (κ2) is 7.04. The molecule has 1 aromatic rings. The first-order valence-electron chi connectivity index (χ1n) is 6.02. The van der Waals surface area contributed by atoms with Crippen molar-refractivity contribution in [2.45, 2.75) is 25.8 Å². The van der Waals surface area contributed by atoms with Gasteiger partial charge in [0, 0.05) is 0 Å². The minimum Gasteiger partial charge on any atom is -0.480 e. The van der Waals surface area contributed by atoms with Gasteiger partial charge in [-0.15, -0.1) is 6.58 Å². The minimum absolute atomic E-state index is 0.0892. The maximum atomic E-state index is 11.9. The van der Waals surface area contributed by atoms with Gasteiger partial charge in [0.05, 0.1) is 11.3 Å². The standard InChI is InChI=1S/C14H15N3O3/c1-3-4-5-12(14(19)20)17-13(18)11-7-6-10(8-15)9(2)16-11/h3,6-7,12H,1,4-5H2,2H3,(H,17,18)(H,19,20). The molecule has 0 radical (unpaired) electrons. The number of carbonyl (C=O) groups excluding carboxylic acids is 1. The van der Waals surface area contributed by atoms with E-state index < -0.39 is 17.9 Å². The summed E-state index contributed by atoms with van der Waals surface area (Å²) in [6.07, 6.45) is 2.34. The highest BCUT2D eigenvalue weighted by atomic mass is 16.4. The second-order valence-electron chi connectivity index (χ2n) is 4.17. The summed E-state index contributed by atoms with van der Waals surface area (Å²) in [5, 5.41) is 20.2. The van der Waals surface area contributed by atoms with Crippen molar-refractivity contribution in [3.63, 3.8) is 0 Å². The summed E-state index contributed by atoms with van der Waals surface area (Å²) in [5.74, 6) is -1.68. The highest BCUT2D eigenvalue weighted by Crippen LogP contribution is 2.06. The van der Waals surface area contributed by atoms with Gasteiger partial charge in [-0.2, -0.15) is 5.26 Å². The predicted octanol–water partition coefficient (Wildman–Crippen LogP) is 1.41. The number of rotatable bonds is 6. The SMILES string of the molecule is C=CCCC(NC(=O)c1ccc(C#N)c(C)n1)C(=O)O. The largest absolute Gasteiger partial charge is 0.480 e. The number of nitrogens with one attached hydrogen (secondary N) is 1. The van der Waals surface area contributed by atoms with Gasteiger partial charge in [0.25, 0.3) is 5.91 Å². The minimum atomic E-state index is -1.11. The Bertz CT molecular complexity index is 576. The van der Waals surface area contributed by atoms with E-state index in [0.29, 0.717) is 17.7 Å². The van der Waals surface area contributed by atoms with Gasteiger partial charge in [0.2, 0.25) is 0 Å². The van der Waals surface area contributed by atoms with Crippen LogP contribution in [0.2, 0.25) is 0 Å². The molecule has 0 bridgehead atoms. The summed E-state index contributed by atoms with van der Waals surface area (Å²) < 4.78 is 0. The van der Waals surface area contributed by atoms with Crippen molar-refractivity contribution >= 4 is 11.9 Å². The average Bonchev–Trinajstić information content (AvgIpc) is 2.42. The lowest BCUT2D eigenvalue weighted by Crippen LogP contribution is -2.41. The van der Waals surface area contributed by atoms with Crippen LogP contribution in [0.5, 0.6) is 0 Å². The van der Waals surface area contributed by atoms with Crippen LogP contribution in [0.25, 0.3) is 0 Å². The van der Waals surface area contributed by atoms with Crippen molar-refractivity contribution in [1.29, 1.82) is 5.26 Å². The first-order chi connectivity index (χ1) is 9.49. The molecule has 1 heterocycles. The van der Waals surface area contributed by atoms with E-state index in [9.17, 15) is 9.59 Å². The van der Waals surface area contributed by atoms with Gasteiger partial charge in [-0.25, -0.2) is 9.78 Å². The van der Waals surface area contributed by atoms with Crippen LogP contribution in [0.4, 0.5) is 0 Å². The number of hydrogen-bond acceptors (Lipinski definition) is 4. The van der Waals surface area contributed by atoms with Gasteiger partial charge < -0.3 is 10.4 Å². The van der Waals surface area contributed by atoms with Crippen LogP contribution >= 0.6 is 0 Å². The van der Waals surface area contributed by atoms with Crippen molar-refractivity contribution in [2.75, 3.05) is 0 Å². The molecule has 0 aliphatic rings. The number of carbonyl (C=O) groups is 2. The van der Waals surface area contributed by atoms with E-state index in [1.165, 1.54) is 12.1 Å². The third-order valence-electron chi connectivity index (χ3n) is 2.70. The summed E-state index contributed by atoms with van der Waals surface area (Å²) in [4.78, 5) is 26.9. The quantitative estimate of drug-likeness (QED) is 0.763. The summed E-state index contributed by atoms with van der Waals surface area (Å²) in [7, 11) is 0. The van der Waals surface area contributed by atoms with Crippen molar-refractivity contribution in [2.24, 2.45) is 0 Å². The normalized spacial score (nSPS) is 11.2. The molecule has 1 unspecified atom stereocenters. The highest BCUT2D eigenvalue weighted by molar-refractivity contribution is 5.95. The number of hydrogen-bond donors (Lipinski definition) is 2. The van der Waals surface area contributed by atoms with Crippen molar-refractivity contribution in [1.82, 2.24) is 10.3 Å². The number of nitrogens with zero attached hydrogens (tertiary/aromatic N) is 2. The van der Waals surface area contributed by atoms with Gasteiger partial charge in [-0.3, -0.25) is 4.79 Å². The predicted molar refractivity (Wildman–Crippen MR) is 72.0 cm³/mol. The molecule has 2 N–H and O–H groups in total. The topological polar surface area (TPSA) is 103 Å². The molecule has 1 rings (SSSR count). The van der Waals surface area contributed by atoms with E-state index in [1.54, 1.807) is 13.0 Å². The first-order valence-corrected chi connectivity index (χ1v) is 6.02. The molecule has 6 nitrogen and oxygen atoms in total. The van der Waals surface area contributed by atoms with Crippen LogP contribution in [0, 0.1) is 18.3 Å². The third kappa shape index (κ3) is 3.92. The zero-order valence-electron chi connectivity index (χ0n) is 11.1. The molecule has 6 heteroatoms. The number of aryl methyl sites for hydroxylation is 1. The van der Waals surface area contributed by atoms with Crippen LogP contribution in [-0.2, 0) is 4.79 Å². The third-order valence-corrected chi connectivity index (χ3v) is 2.70. The molecular formula is C14H15N3O3. The zero-order chi connectivity index (χ0) is 15.1. The van der Waals surface area contributed by atoms with Gasteiger partial charge >= 0.3 is 5.97 Å². The lowest BCUT2D eigenvalue weighted by Gasteiger charge is -2.13. The van der Waals surface area contributed by atoms with Crippen molar-refractivity contribution < 1.29 is 14.7 Å². The Kier molecular flexibility index (Phi) is 5.42. The number of aliphatic carboxylic acids is 1. The molecule has 20 heavy (non-hydrogen) atoms. The summed E-state index contributed by atoms with van der Waals surface area (Å²) >= 11 is 0. The second-order valence-corrected chi connectivity index (χ2v) is 4.17. The van der Waals surface area contributed by atoms with Crippen molar-refractivity contribution in [3.8, 4) is 6.07 Å². The maximum Gasteiger partial charge on any atom is 0.326 e. The van der Waals surface area contributed by atoms with Crippen LogP contribution in [0.15, 0.2) is 24.8 Å². The first kappa shape index (κ1) is 15.4. The fourth-order valence-electron chi connectivity index (χ4n) is 1.58. The van der Waals surface area contributed by atoms with E-state index in [-0.39, 0.29) is 12.1 Å². The molecule has 1 amide bonds. The Hall–Kier alpha value is -2.68. The molecule has 1 aromatic heterocycles. The number of carboxylic acids is 1. The van der Waals surface area contributed by atoms with Gasteiger partial charge in [0.1, 0.15) is 17.8 Å². The van der Waals surface area contributed by atoms with Crippen LogP contribution in [-0.4, -0.2) is 28.0 Å². The Morgan fingerprint density at radius 1 is 1.60 bits per heavy atom. The van der Waals surface area contributed by atoms with Gasteiger partial charge in [-0.05, 0) is 31.9 Å². The molecule has 0 fully saturated rings. The molecule has 0 saturated heterocycles. The average molecular weight is 273 g/mol. The maximum absolute atomic E-state index is 11.9. The lowest BCUT2D eigenvalue weighted by molar-refractivity contribution is -0.139. The monoisotopic (exact) mass is 273 g/mol. The van der Waals surface area contributed by atoms with Gasteiger partial charge in [0.15, 0.2) is 0 Å². The number of aromatic nitrogens is 1. The van der Waals surface area contributed by atoms with Crippen LogP contribution in [0.1, 0.15) is 34.6 Å².